The van der Waals surface area contributed by atoms with Gasteiger partial charge in [-0.1, -0.05) is 274 Å². The number of esters is 4. The zero-order valence-corrected chi connectivity index (χ0v) is 62.6. The molecule has 0 saturated heterocycles. The van der Waals surface area contributed by atoms with E-state index in [1.165, 1.54) is 109 Å². The van der Waals surface area contributed by atoms with Crippen LogP contribution in [0.1, 0.15) is 336 Å². The van der Waals surface area contributed by atoms with Crippen LogP contribution in [-0.2, 0) is 65.4 Å². The Labute approximate surface area is 583 Å². The van der Waals surface area contributed by atoms with Gasteiger partial charge in [0.15, 0.2) is 12.2 Å². The van der Waals surface area contributed by atoms with E-state index in [-0.39, 0.29) is 25.7 Å². The summed E-state index contributed by atoms with van der Waals surface area (Å²) in [7, 11) is -9.94. The molecule has 0 spiro atoms. The third-order valence-corrected chi connectivity index (χ3v) is 18.1. The van der Waals surface area contributed by atoms with Crippen LogP contribution in [0.15, 0.2) is 72.9 Å². The molecule has 19 heteroatoms. The molecule has 17 nitrogen and oxygen atoms in total. The van der Waals surface area contributed by atoms with Gasteiger partial charge in [-0.3, -0.25) is 37.3 Å². The fourth-order valence-electron chi connectivity index (χ4n) is 10.3. The Hall–Kier alpha value is -3.50. The minimum Gasteiger partial charge on any atom is -0.462 e. The zero-order chi connectivity index (χ0) is 70.4. The van der Waals surface area contributed by atoms with Crippen molar-refractivity contribution < 1.29 is 80.2 Å². The summed E-state index contributed by atoms with van der Waals surface area (Å²) in [5.41, 5.74) is 0. The molecule has 0 rings (SSSR count). The SMILES string of the molecule is CC/C=C\C/C=C\C/C=C\C/C=C\CCCCCCC(=O)OCC(COP(=O)(O)OCC(O)COP(=O)(O)OCC(COC(=O)CCCCCCCCCCCCCCC)OC(=O)CCCCCCC/C=C\CCCC)OC(=O)CCCCCCC/C=C\CCCCCCCC. The highest BCUT2D eigenvalue weighted by atomic mass is 31.2. The summed E-state index contributed by atoms with van der Waals surface area (Å²) in [5, 5.41) is 10.6. The average molecular weight is 1400 g/mol. The average Bonchev–Trinajstić information content (AvgIpc) is 2.18. The van der Waals surface area contributed by atoms with Crippen molar-refractivity contribution in [3.05, 3.63) is 72.9 Å². The van der Waals surface area contributed by atoms with Crippen LogP contribution in [0.25, 0.3) is 0 Å². The molecule has 0 fully saturated rings. The first-order valence-corrected chi connectivity index (χ1v) is 41.2. The molecule has 0 aliphatic carbocycles. The van der Waals surface area contributed by atoms with Gasteiger partial charge in [0.2, 0.25) is 0 Å². The van der Waals surface area contributed by atoms with Crippen LogP contribution in [-0.4, -0.2) is 96.7 Å². The van der Waals surface area contributed by atoms with E-state index < -0.39 is 97.5 Å². The molecule has 5 unspecified atom stereocenters. The second kappa shape index (κ2) is 70.0. The first-order chi connectivity index (χ1) is 46.7. The van der Waals surface area contributed by atoms with Crippen molar-refractivity contribution in [2.24, 2.45) is 0 Å². The maximum absolute atomic E-state index is 13.1. The van der Waals surface area contributed by atoms with Gasteiger partial charge in [-0.2, -0.15) is 0 Å². The number of rotatable bonds is 72. The number of hydrogen-bond acceptors (Lipinski definition) is 15. The Kier molecular flexibility index (Phi) is 67.4. The molecule has 0 heterocycles. The van der Waals surface area contributed by atoms with Gasteiger partial charge in [0, 0.05) is 25.7 Å². The van der Waals surface area contributed by atoms with E-state index in [0.717, 1.165) is 148 Å². The van der Waals surface area contributed by atoms with Crippen molar-refractivity contribution in [1.82, 2.24) is 0 Å². The summed E-state index contributed by atoms with van der Waals surface area (Å²) in [4.78, 5) is 72.8. The van der Waals surface area contributed by atoms with Crippen LogP contribution in [0.2, 0.25) is 0 Å². The third kappa shape index (κ3) is 69.0. The molecule has 0 saturated carbocycles. The monoisotopic (exact) mass is 1400 g/mol. The molecule has 0 aromatic heterocycles. The first-order valence-electron chi connectivity index (χ1n) is 38.2. The highest BCUT2D eigenvalue weighted by molar-refractivity contribution is 7.47. The van der Waals surface area contributed by atoms with Gasteiger partial charge >= 0.3 is 39.5 Å². The van der Waals surface area contributed by atoms with Gasteiger partial charge in [-0.05, 0) is 109 Å². The van der Waals surface area contributed by atoms with E-state index in [1.54, 1.807) is 0 Å². The van der Waals surface area contributed by atoms with E-state index >= 15 is 0 Å². The van der Waals surface area contributed by atoms with Crippen molar-refractivity contribution in [3.63, 3.8) is 0 Å². The predicted molar refractivity (Wildman–Crippen MR) is 390 cm³/mol. The molecule has 0 bridgehead atoms. The number of hydrogen-bond donors (Lipinski definition) is 3. The third-order valence-electron chi connectivity index (χ3n) is 16.2. The van der Waals surface area contributed by atoms with E-state index in [2.05, 4.69) is 101 Å². The van der Waals surface area contributed by atoms with Gasteiger partial charge in [-0.25, -0.2) is 9.13 Å². The fraction of sp³-hybridized carbons (Fsp3) is 0.792. The number of carbonyl (C=O) groups is 4. The standard InChI is InChI=1S/C77H138O17P2/c1-5-9-13-17-21-25-29-32-34-35-37-39-43-46-50-54-58-62-75(80)88-68-73(94-77(82)64-60-56-52-48-44-40-36-33-30-26-22-18-14-10-6-2)70-92-96(85,86)90-66-71(78)65-89-95(83,84)91-69-72(93-76(81)63-59-55-51-47-41-28-24-20-16-12-8-4)67-87-74(79)61-57-53-49-45-42-38-31-27-23-19-15-11-7-3/h9,13,20-21,24-25,32-34,36-37,39,71-73,78H,5-8,10-12,14-19,22-23,26-31,35,38,40-70H2,1-4H3,(H,83,84)(H,85,86)/b13-9-,24-20-,25-21-,34-32-,36-33-,39-37-. The summed E-state index contributed by atoms with van der Waals surface area (Å²) in [5.74, 6) is -2.20. The summed E-state index contributed by atoms with van der Waals surface area (Å²) in [6.45, 7) is 4.71. The Morgan fingerprint density at radius 2 is 0.552 bits per heavy atom. The van der Waals surface area contributed by atoms with Gasteiger partial charge in [0.1, 0.15) is 19.3 Å². The van der Waals surface area contributed by atoms with Gasteiger partial charge in [-0.15, -0.1) is 0 Å². The predicted octanol–water partition coefficient (Wildman–Crippen LogP) is 21.7. The molecule has 0 aliphatic heterocycles. The van der Waals surface area contributed by atoms with Crippen molar-refractivity contribution in [3.8, 4) is 0 Å². The van der Waals surface area contributed by atoms with E-state index in [9.17, 15) is 43.2 Å². The molecule has 0 radical (unpaired) electrons. The van der Waals surface area contributed by atoms with Crippen molar-refractivity contribution in [1.29, 1.82) is 0 Å². The number of phosphoric ester groups is 2. The zero-order valence-electron chi connectivity index (χ0n) is 60.8. The van der Waals surface area contributed by atoms with Crippen molar-refractivity contribution in [2.75, 3.05) is 39.6 Å². The number of aliphatic hydroxyl groups excluding tert-OH is 1. The summed E-state index contributed by atoms with van der Waals surface area (Å²) >= 11 is 0. The molecule has 96 heavy (non-hydrogen) atoms. The summed E-state index contributed by atoms with van der Waals surface area (Å²) in [6, 6.07) is 0. The molecular weight excluding hydrogens is 1260 g/mol. The van der Waals surface area contributed by atoms with E-state index in [1.807, 2.05) is 0 Å². The Bertz CT molecular complexity index is 2110. The Morgan fingerprint density at radius 3 is 0.875 bits per heavy atom. The highest BCUT2D eigenvalue weighted by Gasteiger charge is 2.30. The molecule has 0 aromatic carbocycles. The van der Waals surface area contributed by atoms with Crippen LogP contribution in [0.3, 0.4) is 0 Å². The van der Waals surface area contributed by atoms with Crippen LogP contribution >= 0.6 is 15.6 Å². The Balaban J connectivity index is 5.33. The minimum absolute atomic E-state index is 0.0816. The van der Waals surface area contributed by atoms with Crippen LogP contribution < -0.4 is 0 Å². The number of unbranched alkanes of at least 4 members (excludes halogenated alkanes) is 34. The highest BCUT2D eigenvalue weighted by Crippen LogP contribution is 2.45. The first kappa shape index (κ1) is 92.5. The largest absolute Gasteiger partial charge is 0.472 e. The molecule has 558 valence electrons. The lowest BCUT2D eigenvalue weighted by molar-refractivity contribution is -0.161. The number of ether oxygens (including phenoxy) is 4. The molecule has 3 N–H and O–H groups in total. The van der Waals surface area contributed by atoms with E-state index in [0.29, 0.717) is 25.7 Å². The second-order valence-electron chi connectivity index (χ2n) is 25.6. The van der Waals surface area contributed by atoms with E-state index in [4.69, 9.17) is 37.0 Å². The van der Waals surface area contributed by atoms with Gasteiger partial charge in [0.25, 0.3) is 0 Å². The van der Waals surface area contributed by atoms with Crippen LogP contribution in [0.5, 0.6) is 0 Å². The van der Waals surface area contributed by atoms with Crippen molar-refractivity contribution in [2.45, 2.75) is 354 Å². The summed E-state index contributed by atoms with van der Waals surface area (Å²) in [6.07, 6.45) is 68.9. The molecular formula is C77H138O17P2. The maximum Gasteiger partial charge on any atom is 0.472 e. The lowest BCUT2D eigenvalue weighted by Crippen LogP contribution is -2.30. The second-order valence-corrected chi connectivity index (χ2v) is 28.5. The lowest BCUT2D eigenvalue weighted by atomic mass is 10.0. The summed E-state index contributed by atoms with van der Waals surface area (Å²) < 4.78 is 68.4. The number of carbonyl (C=O) groups excluding carboxylic acids is 4. The smallest absolute Gasteiger partial charge is 0.462 e. The molecule has 0 amide bonds. The quantitative estimate of drug-likeness (QED) is 0.0169. The topological polar surface area (TPSA) is 237 Å². The number of allylic oxidation sites excluding steroid dienone is 12. The van der Waals surface area contributed by atoms with Crippen molar-refractivity contribution >= 4 is 39.5 Å². The van der Waals surface area contributed by atoms with Gasteiger partial charge < -0.3 is 33.8 Å². The Morgan fingerprint density at radius 1 is 0.302 bits per heavy atom. The minimum atomic E-state index is -4.98. The fourth-order valence-corrected chi connectivity index (χ4v) is 11.9. The number of aliphatic hydroxyl groups is 1. The molecule has 0 aliphatic rings. The van der Waals surface area contributed by atoms with Gasteiger partial charge in [0.05, 0.1) is 26.4 Å². The normalized spacial score (nSPS) is 14.4. The van der Waals surface area contributed by atoms with Crippen LogP contribution in [0, 0.1) is 0 Å². The van der Waals surface area contributed by atoms with Crippen LogP contribution in [0.4, 0.5) is 0 Å². The lowest BCUT2D eigenvalue weighted by Gasteiger charge is -2.21. The molecule has 5 atom stereocenters. The number of phosphoric acid groups is 2. The maximum atomic E-state index is 13.1. The molecule has 0 aromatic rings.